The van der Waals surface area contributed by atoms with Crippen LogP contribution in [0.4, 0.5) is 9.93 Å². The number of benzene rings is 2. The van der Waals surface area contributed by atoms with Crippen LogP contribution in [0.5, 0.6) is 5.75 Å². The first-order valence-corrected chi connectivity index (χ1v) is 13.4. The van der Waals surface area contributed by atoms with Crippen LogP contribution in [0.15, 0.2) is 54.6 Å². The second-order valence-corrected chi connectivity index (χ2v) is 10.1. The average Bonchev–Trinajstić information content (AvgIpc) is 3.54. The molecule has 2 aromatic carbocycles. The number of aryl methyl sites for hydroxylation is 1. The van der Waals surface area contributed by atoms with E-state index in [1.54, 1.807) is 18.7 Å². The lowest BCUT2D eigenvalue weighted by Crippen LogP contribution is -2.31. The van der Waals surface area contributed by atoms with Crippen molar-refractivity contribution in [3.8, 4) is 5.75 Å². The lowest BCUT2D eigenvalue weighted by Gasteiger charge is -2.18. The highest BCUT2D eigenvalue weighted by molar-refractivity contribution is 7.17. The Bertz CT molecular complexity index is 1260. The van der Waals surface area contributed by atoms with Crippen molar-refractivity contribution < 1.29 is 23.9 Å². The molecule has 0 radical (unpaired) electrons. The summed E-state index contributed by atoms with van der Waals surface area (Å²) in [4.78, 5) is 43.2. The fourth-order valence-corrected chi connectivity index (χ4v) is 4.93. The van der Waals surface area contributed by atoms with Crippen LogP contribution in [0.2, 0.25) is 0 Å². The molecule has 0 bridgehead atoms. The first kappa shape index (κ1) is 27.1. The number of carbonyl (C=O) groups is 3. The van der Waals surface area contributed by atoms with Crippen LogP contribution in [0, 0.1) is 6.92 Å². The molecule has 1 aromatic heterocycles. The molecular formula is C28H32N4O5S. The Kier molecular flexibility index (Phi) is 8.96. The summed E-state index contributed by atoms with van der Waals surface area (Å²) in [6.07, 6.45) is 0.621. The smallest absolute Gasteiger partial charge is 0.410 e. The van der Waals surface area contributed by atoms with E-state index in [2.05, 4.69) is 15.6 Å². The van der Waals surface area contributed by atoms with Crippen molar-refractivity contribution in [1.29, 1.82) is 0 Å². The molecule has 2 atom stereocenters. The second kappa shape index (κ2) is 12.6. The van der Waals surface area contributed by atoms with E-state index < -0.39 is 0 Å². The molecular weight excluding hydrogens is 504 g/mol. The molecule has 0 aliphatic carbocycles. The van der Waals surface area contributed by atoms with Crippen LogP contribution in [0.25, 0.3) is 0 Å². The van der Waals surface area contributed by atoms with Crippen molar-refractivity contribution in [1.82, 2.24) is 15.2 Å². The SMILES string of the molecule is CCC(=O)Nc1nc(C)c(C(=O)N[C@@H](C)c2ccc(O[C@@H]3CCN(C(=O)OCc4ccccc4)C3)cc2)s1. The third-order valence-corrected chi connectivity index (χ3v) is 7.28. The van der Waals surface area contributed by atoms with Crippen molar-refractivity contribution in [2.75, 3.05) is 18.4 Å². The number of carbonyl (C=O) groups excluding carboxylic acids is 3. The molecule has 0 spiro atoms. The van der Waals surface area contributed by atoms with Crippen LogP contribution in [-0.4, -0.2) is 47.0 Å². The number of thiazole rings is 1. The Morgan fingerprint density at radius 1 is 1.13 bits per heavy atom. The minimum absolute atomic E-state index is 0.112. The topological polar surface area (TPSA) is 110 Å². The van der Waals surface area contributed by atoms with Gasteiger partial charge in [-0.25, -0.2) is 9.78 Å². The van der Waals surface area contributed by atoms with Gasteiger partial charge in [0.1, 0.15) is 23.3 Å². The maximum atomic E-state index is 12.8. The van der Waals surface area contributed by atoms with Gasteiger partial charge in [-0.2, -0.15) is 0 Å². The molecule has 4 rings (SSSR count). The molecule has 2 N–H and O–H groups in total. The Morgan fingerprint density at radius 3 is 2.58 bits per heavy atom. The highest BCUT2D eigenvalue weighted by atomic mass is 32.1. The Hall–Kier alpha value is -3.92. The summed E-state index contributed by atoms with van der Waals surface area (Å²) in [5.74, 6) is 0.316. The van der Waals surface area contributed by atoms with Crippen LogP contribution in [0.1, 0.15) is 59.2 Å². The molecule has 1 saturated heterocycles. The van der Waals surface area contributed by atoms with E-state index in [4.69, 9.17) is 9.47 Å². The predicted molar refractivity (Wildman–Crippen MR) is 145 cm³/mol. The van der Waals surface area contributed by atoms with Crippen LogP contribution < -0.4 is 15.4 Å². The highest BCUT2D eigenvalue weighted by Gasteiger charge is 2.28. The summed E-state index contributed by atoms with van der Waals surface area (Å²) in [5, 5.41) is 6.10. The van der Waals surface area contributed by atoms with Gasteiger partial charge in [-0.3, -0.25) is 9.59 Å². The fraction of sp³-hybridized carbons (Fsp3) is 0.357. The highest BCUT2D eigenvalue weighted by Crippen LogP contribution is 2.25. The Labute approximate surface area is 226 Å². The number of likely N-dealkylation sites (tertiary alicyclic amines) is 1. The van der Waals surface area contributed by atoms with E-state index in [9.17, 15) is 14.4 Å². The maximum absolute atomic E-state index is 12.8. The van der Waals surface area contributed by atoms with Crippen LogP contribution >= 0.6 is 11.3 Å². The molecule has 9 nitrogen and oxygen atoms in total. The van der Waals surface area contributed by atoms with Gasteiger partial charge in [-0.05, 0) is 37.1 Å². The zero-order valence-corrected chi connectivity index (χ0v) is 22.5. The molecule has 1 aliphatic rings. The summed E-state index contributed by atoms with van der Waals surface area (Å²) in [5.41, 5.74) is 2.44. The molecule has 0 unspecified atom stereocenters. The van der Waals surface area contributed by atoms with Crippen LogP contribution in [-0.2, 0) is 16.1 Å². The first-order chi connectivity index (χ1) is 18.3. The number of rotatable bonds is 9. The van der Waals surface area contributed by atoms with Gasteiger partial charge in [0.25, 0.3) is 5.91 Å². The normalized spacial score (nSPS) is 15.6. The zero-order valence-electron chi connectivity index (χ0n) is 21.7. The standard InChI is InChI=1S/C28H32N4O5S/c1-4-24(33)31-27-30-19(3)25(38-27)26(34)29-18(2)21-10-12-22(13-11-21)37-23-14-15-32(16-23)28(35)36-17-20-8-6-5-7-9-20/h5-13,18,23H,4,14-17H2,1-3H3,(H,29,34)(H,30,31,33)/t18-,23+/m0/s1. The number of anilines is 1. The van der Waals surface area contributed by atoms with Crippen molar-refractivity contribution in [2.45, 2.75) is 52.4 Å². The van der Waals surface area contributed by atoms with Gasteiger partial charge in [0.05, 0.1) is 18.3 Å². The van der Waals surface area contributed by atoms with E-state index in [1.165, 1.54) is 0 Å². The molecule has 3 aromatic rings. The summed E-state index contributed by atoms with van der Waals surface area (Å²) in [6.45, 7) is 6.71. The fourth-order valence-electron chi connectivity index (χ4n) is 4.04. The molecule has 3 amide bonds. The van der Waals surface area contributed by atoms with Gasteiger partial charge in [-0.1, -0.05) is 60.7 Å². The summed E-state index contributed by atoms with van der Waals surface area (Å²) < 4.78 is 11.5. The minimum atomic E-state index is -0.337. The number of nitrogens with zero attached hydrogens (tertiary/aromatic N) is 2. The lowest BCUT2D eigenvalue weighted by molar-refractivity contribution is -0.115. The molecule has 1 aliphatic heterocycles. The summed E-state index contributed by atoms with van der Waals surface area (Å²) in [6, 6.07) is 16.9. The first-order valence-electron chi connectivity index (χ1n) is 12.6. The zero-order chi connectivity index (χ0) is 27.1. The van der Waals surface area contributed by atoms with Crippen molar-refractivity contribution in [3.05, 3.63) is 76.3 Å². The van der Waals surface area contributed by atoms with E-state index in [0.29, 0.717) is 41.0 Å². The number of hydrogen-bond acceptors (Lipinski definition) is 7. The number of ether oxygens (including phenoxy) is 2. The van der Waals surface area contributed by atoms with Gasteiger partial charge < -0.3 is 25.0 Å². The van der Waals surface area contributed by atoms with Crippen molar-refractivity contribution in [2.24, 2.45) is 0 Å². The van der Waals surface area contributed by atoms with Gasteiger partial charge >= 0.3 is 6.09 Å². The quantitative estimate of drug-likeness (QED) is 0.395. The molecule has 2 heterocycles. The van der Waals surface area contributed by atoms with E-state index in [-0.39, 0.29) is 36.7 Å². The molecule has 10 heteroatoms. The van der Waals surface area contributed by atoms with Gasteiger partial charge in [0.15, 0.2) is 5.13 Å². The monoisotopic (exact) mass is 536 g/mol. The van der Waals surface area contributed by atoms with Gasteiger partial charge in [0.2, 0.25) is 5.91 Å². The Balaban J connectivity index is 1.25. The molecule has 0 saturated carbocycles. The maximum Gasteiger partial charge on any atom is 0.410 e. The predicted octanol–water partition coefficient (Wildman–Crippen LogP) is 5.08. The lowest BCUT2D eigenvalue weighted by atomic mass is 10.1. The van der Waals surface area contributed by atoms with E-state index in [0.717, 1.165) is 28.9 Å². The minimum Gasteiger partial charge on any atom is -0.489 e. The second-order valence-electron chi connectivity index (χ2n) is 9.11. The number of hydrogen-bond donors (Lipinski definition) is 2. The van der Waals surface area contributed by atoms with E-state index >= 15 is 0 Å². The van der Waals surface area contributed by atoms with Gasteiger partial charge in [0, 0.05) is 19.4 Å². The van der Waals surface area contributed by atoms with Crippen molar-refractivity contribution in [3.63, 3.8) is 0 Å². The van der Waals surface area contributed by atoms with E-state index in [1.807, 2.05) is 61.5 Å². The molecule has 1 fully saturated rings. The third-order valence-electron chi connectivity index (χ3n) is 6.21. The molecule has 200 valence electrons. The van der Waals surface area contributed by atoms with Crippen LogP contribution in [0.3, 0.4) is 0 Å². The summed E-state index contributed by atoms with van der Waals surface area (Å²) in [7, 11) is 0. The Morgan fingerprint density at radius 2 is 1.87 bits per heavy atom. The average molecular weight is 537 g/mol. The number of nitrogens with one attached hydrogen (secondary N) is 2. The van der Waals surface area contributed by atoms with Gasteiger partial charge in [-0.15, -0.1) is 0 Å². The molecule has 38 heavy (non-hydrogen) atoms. The third kappa shape index (κ3) is 7.10. The van der Waals surface area contributed by atoms with Crippen molar-refractivity contribution >= 4 is 34.4 Å². The number of aromatic nitrogens is 1. The number of amides is 3. The largest absolute Gasteiger partial charge is 0.489 e. The summed E-state index contributed by atoms with van der Waals surface area (Å²) >= 11 is 1.16.